The Kier molecular flexibility index (Phi) is 5.57. The van der Waals surface area contributed by atoms with Gasteiger partial charge in [-0.05, 0) is 12.1 Å². The summed E-state index contributed by atoms with van der Waals surface area (Å²) in [6.07, 6.45) is -0.00184. The van der Waals surface area contributed by atoms with Gasteiger partial charge in [0.1, 0.15) is 17.5 Å². The summed E-state index contributed by atoms with van der Waals surface area (Å²) in [7, 11) is 3.06. The number of hydrogen-bond donors (Lipinski definition) is 2. The number of aliphatic imine (C=N–C) groups is 1. The van der Waals surface area contributed by atoms with E-state index in [1.54, 1.807) is 25.3 Å². The van der Waals surface area contributed by atoms with Crippen molar-refractivity contribution in [2.75, 3.05) is 45.8 Å². The van der Waals surface area contributed by atoms with Crippen LogP contribution in [0.4, 0.5) is 5.69 Å². The minimum atomic E-state index is -0.798. The molecule has 0 aromatic heterocycles. The summed E-state index contributed by atoms with van der Waals surface area (Å²) in [6, 6.07) is 4.28. The highest BCUT2D eigenvalue weighted by atomic mass is 16.5. The first-order valence-corrected chi connectivity index (χ1v) is 8.34. The first-order chi connectivity index (χ1) is 12.6. The maximum Gasteiger partial charge on any atom is 0.249 e. The number of nitrogens with one attached hydrogen (secondary N) is 2. The maximum absolute atomic E-state index is 12.6. The Balaban J connectivity index is 1.75. The van der Waals surface area contributed by atoms with Crippen LogP contribution in [0.25, 0.3) is 0 Å². The van der Waals surface area contributed by atoms with Crippen LogP contribution < -0.4 is 20.1 Å². The number of morpholine rings is 1. The summed E-state index contributed by atoms with van der Waals surface area (Å²) in [5.41, 5.74) is 0.493. The molecule has 0 spiro atoms. The number of benzene rings is 1. The molecule has 0 bridgehead atoms. The lowest BCUT2D eigenvalue weighted by molar-refractivity contribution is -0.125. The summed E-state index contributed by atoms with van der Waals surface area (Å²) in [5.74, 6) is 0.906. The van der Waals surface area contributed by atoms with Gasteiger partial charge >= 0.3 is 0 Å². The molecule has 26 heavy (non-hydrogen) atoms. The average Bonchev–Trinajstić information content (AvgIpc) is 2.68. The number of methoxy groups -OCH3 is 2. The van der Waals surface area contributed by atoms with Crippen molar-refractivity contribution in [3.63, 3.8) is 0 Å². The van der Waals surface area contributed by atoms with E-state index in [0.29, 0.717) is 49.4 Å². The Morgan fingerprint density at radius 2 is 2.08 bits per heavy atom. The van der Waals surface area contributed by atoms with Crippen LogP contribution in [0.5, 0.6) is 11.5 Å². The lowest BCUT2D eigenvalue weighted by atomic mass is 10.1. The zero-order valence-electron chi connectivity index (χ0n) is 14.8. The molecule has 1 fully saturated rings. The molecule has 2 aliphatic heterocycles. The maximum atomic E-state index is 12.6. The minimum Gasteiger partial charge on any atom is -0.497 e. The quantitative estimate of drug-likeness (QED) is 0.795. The molecule has 0 aliphatic carbocycles. The summed E-state index contributed by atoms with van der Waals surface area (Å²) in [6.45, 7) is 2.38. The Morgan fingerprint density at radius 1 is 1.31 bits per heavy atom. The molecule has 9 heteroatoms. The molecule has 2 aliphatic rings. The summed E-state index contributed by atoms with van der Waals surface area (Å²) in [4.78, 5) is 31.0. The highest BCUT2D eigenvalue weighted by molar-refractivity contribution is 6.06. The normalized spacial score (nSPS) is 20.1. The Bertz CT molecular complexity index is 715. The van der Waals surface area contributed by atoms with Gasteiger partial charge in [0.2, 0.25) is 17.8 Å². The highest BCUT2D eigenvalue weighted by Crippen LogP contribution is 2.29. The van der Waals surface area contributed by atoms with Crippen LogP contribution >= 0.6 is 0 Å². The zero-order chi connectivity index (χ0) is 18.5. The Labute approximate surface area is 151 Å². The smallest absolute Gasteiger partial charge is 0.249 e. The van der Waals surface area contributed by atoms with Crippen molar-refractivity contribution < 1.29 is 23.8 Å². The van der Waals surface area contributed by atoms with Crippen LogP contribution in [0, 0.1) is 0 Å². The second kappa shape index (κ2) is 8.05. The van der Waals surface area contributed by atoms with E-state index in [1.165, 1.54) is 7.11 Å². The number of guanidine groups is 1. The number of rotatable bonds is 4. The SMILES string of the molecule is COc1ccc(NC(=O)C2CC(=O)NC(N3CCOCC3)=N2)c(OC)c1. The first-order valence-electron chi connectivity index (χ1n) is 8.34. The molecule has 3 rings (SSSR count). The van der Waals surface area contributed by atoms with Crippen LogP contribution in [-0.4, -0.2) is 69.2 Å². The number of ether oxygens (including phenoxy) is 3. The molecule has 0 saturated carbocycles. The van der Waals surface area contributed by atoms with Gasteiger partial charge in [0.15, 0.2) is 0 Å². The Morgan fingerprint density at radius 3 is 2.77 bits per heavy atom. The molecular weight excluding hydrogens is 340 g/mol. The topological polar surface area (TPSA) is 101 Å². The molecular formula is C17H22N4O5. The highest BCUT2D eigenvalue weighted by Gasteiger charge is 2.30. The van der Waals surface area contributed by atoms with E-state index in [9.17, 15) is 9.59 Å². The van der Waals surface area contributed by atoms with Crippen molar-refractivity contribution in [1.29, 1.82) is 0 Å². The lowest BCUT2D eigenvalue weighted by Gasteiger charge is -2.32. The molecule has 2 heterocycles. The molecule has 1 aromatic rings. The minimum absolute atomic E-state index is 0.00184. The number of nitrogens with zero attached hydrogens (tertiary/aromatic N) is 2. The molecule has 2 N–H and O–H groups in total. The van der Waals surface area contributed by atoms with E-state index in [0.717, 1.165) is 0 Å². The molecule has 2 amide bonds. The third-order valence-electron chi connectivity index (χ3n) is 4.19. The van der Waals surface area contributed by atoms with E-state index in [1.807, 2.05) is 4.90 Å². The third-order valence-corrected chi connectivity index (χ3v) is 4.19. The summed E-state index contributed by atoms with van der Waals surface area (Å²) in [5, 5.41) is 5.51. The number of carbonyl (C=O) groups excluding carboxylic acids is 2. The molecule has 140 valence electrons. The number of amides is 2. The van der Waals surface area contributed by atoms with Crippen molar-refractivity contribution >= 4 is 23.5 Å². The fourth-order valence-electron chi connectivity index (χ4n) is 2.78. The fourth-order valence-corrected chi connectivity index (χ4v) is 2.78. The van der Waals surface area contributed by atoms with E-state index in [2.05, 4.69) is 15.6 Å². The van der Waals surface area contributed by atoms with Gasteiger partial charge in [-0.25, -0.2) is 4.99 Å². The van der Waals surface area contributed by atoms with E-state index in [-0.39, 0.29) is 18.2 Å². The van der Waals surface area contributed by atoms with Gasteiger partial charge in [0.25, 0.3) is 0 Å². The Hall–Kier alpha value is -2.81. The van der Waals surface area contributed by atoms with Gasteiger partial charge in [0.05, 0.1) is 39.5 Å². The number of anilines is 1. The molecule has 1 atom stereocenters. The van der Waals surface area contributed by atoms with Crippen LogP contribution in [-0.2, 0) is 14.3 Å². The van der Waals surface area contributed by atoms with E-state index < -0.39 is 6.04 Å². The van der Waals surface area contributed by atoms with Crippen molar-refractivity contribution in [3.05, 3.63) is 18.2 Å². The lowest BCUT2D eigenvalue weighted by Crippen LogP contribution is -2.53. The van der Waals surface area contributed by atoms with Crippen molar-refractivity contribution in [2.45, 2.75) is 12.5 Å². The standard InChI is InChI=1S/C17H22N4O5/c1-24-11-3-4-12(14(9-11)25-2)18-16(23)13-10-15(22)20-17(19-13)21-5-7-26-8-6-21/h3-4,9,13H,5-8,10H2,1-2H3,(H,18,23)(H,19,20,22). The fraction of sp³-hybridized carbons (Fsp3) is 0.471. The molecule has 1 unspecified atom stereocenters. The number of hydrogen-bond acceptors (Lipinski definition) is 7. The van der Waals surface area contributed by atoms with Gasteiger partial charge in [-0.15, -0.1) is 0 Å². The van der Waals surface area contributed by atoms with Crippen molar-refractivity contribution in [1.82, 2.24) is 10.2 Å². The largest absolute Gasteiger partial charge is 0.497 e. The van der Waals surface area contributed by atoms with Gasteiger partial charge in [-0.1, -0.05) is 0 Å². The van der Waals surface area contributed by atoms with Crippen LogP contribution in [0.2, 0.25) is 0 Å². The predicted molar refractivity (Wildman–Crippen MR) is 94.6 cm³/mol. The monoisotopic (exact) mass is 362 g/mol. The van der Waals surface area contributed by atoms with Crippen molar-refractivity contribution in [2.24, 2.45) is 4.99 Å². The summed E-state index contributed by atoms with van der Waals surface area (Å²) >= 11 is 0. The van der Waals surface area contributed by atoms with E-state index >= 15 is 0 Å². The third kappa shape index (κ3) is 4.05. The van der Waals surface area contributed by atoms with E-state index in [4.69, 9.17) is 14.2 Å². The molecule has 1 aromatic carbocycles. The van der Waals surface area contributed by atoms with Gasteiger partial charge in [-0.2, -0.15) is 0 Å². The zero-order valence-corrected chi connectivity index (χ0v) is 14.8. The van der Waals surface area contributed by atoms with Crippen LogP contribution in [0.1, 0.15) is 6.42 Å². The number of carbonyl (C=O) groups is 2. The molecule has 1 saturated heterocycles. The average molecular weight is 362 g/mol. The van der Waals surface area contributed by atoms with Crippen LogP contribution in [0.3, 0.4) is 0 Å². The second-order valence-electron chi connectivity index (χ2n) is 5.88. The second-order valence-corrected chi connectivity index (χ2v) is 5.88. The van der Waals surface area contributed by atoms with Gasteiger partial charge in [-0.3, -0.25) is 14.9 Å². The van der Waals surface area contributed by atoms with Gasteiger partial charge < -0.3 is 24.4 Å². The molecule has 0 radical (unpaired) electrons. The molecule has 9 nitrogen and oxygen atoms in total. The summed E-state index contributed by atoms with van der Waals surface area (Å²) < 4.78 is 15.7. The predicted octanol–water partition coefficient (Wildman–Crippen LogP) is 0.219. The van der Waals surface area contributed by atoms with Crippen molar-refractivity contribution in [3.8, 4) is 11.5 Å². The van der Waals surface area contributed by atoms with Gasteiger partial charge in [0, 0.05) is 19.2 Å². The van der Waals surface area contributed by atoms with Crippen LogP contribution in [0.15, 0.2) is 23.2 Å². The first kappa shape index (κ1) is 18.0.